The van der Waals surface area contributed by atoms with Gasteiger partial charge in [0.2, 0.25) is 0 Å². The predicted molar refractivity (Wildman–Crippen MR) is 123 cm³/mol. The van der Waals surface area contributed by atoms with Crippen molar-refractivity contribution in [1.82, 2.24) is 0 Å². The van der Waals surface area contributed by atoms with Gasteiger partial charge in [-0.05, 0) is 69.7 Å². The minimum absolute atomic E-state index is 0.0750. The molecule has 0 amide bonds. The third-order valence-corrected chi connectivity index (χ3v) is 7.33. The number of aryl methyl sites for hydroxylation is 1. The number of carbonyl (C=O) groups is 1. The fraction of sp³-hybridized carbons (Fsp3) is 0.296. The van der Waals surface area contributed by atoms with Crippen molar-refractivity contribution in [3.05, 3.63) is 92.6 Å². The number of hydrogen-bond acceptors (Lipinski definition) is 3. The van der Waals surface area contributed by atoms with Gasteiger partial charge < -0.3 is 4.55 Å². The fourth-order valence-corrected chi connectivity index (χ4v) is 5.77. The predicted octanol–water partition coefficient (Wildman–Crippen LogP) is 3.60. The van der Waals surface area contributed by atoms with E-state index in [-0.39, 0.29) is 29.2 Å². The molecule has 2 aromatic rings. The molecular formula is C27H24FO3S-. The number of carbonyl (C=O) groups excluding carboxylic acids is 1. The zero-order valence-electron chi connectivity index (χ0n) is 17.9. The molecule has 1 fully saturated rings. The Kier molecular flexibility index (Phi) is 5.56. The number of hydrogen-bond donors (Lipinski definition) is 0. The molecule has 3 aliphatic carbocycles. The van der Waals surface area contributed by atoms with Crippen LogP contribution in [0.1, 0.15) is 43.2 Å². The number of fused-ring (bicyclic) bond motifs is 3. The van der Waals surface area contributed by atoms with Gasteiger partial charge in [-0.1, -0.05) is 60.5 Å². The third-order valence-electron chi connectivity index (χ3n) is 6.79. The van der Waals surface area contributed by atoms with Crippen LogP contribution in [-0.4, -0.2) is 20.3 Å². The highest BCUT2D eigenvalue weighted by Gasteiger charge is 2.35. The van der Waals surface area contributed by atoms with Crippen LogP contribution in [0, 0.1) is 11.7 Å². The molecule has 3 nitrogen and oxygen atoms in total. The van der Waals surface area contributed by atoms with Gasteiger partial charge in [-0.3, -0.25) is 9.00 Å². The first kappa shape index (κ1) is 21.2. The SMILES string of the molecule is CC1C=C2C(=O)CCCC2=C2C1=c1ccc(CCS(=O)[O-])cc1=CC2c1ccc(F)cc1. The average Bonchev–Trinajstić information content (AvgIpc) is 2.78. The summed E-state index contributed by atoms with van der Waals surface area (Å²) in [7, 11) is 0. The molecule has 5 rings (SSSR count). The van der Waals surface area contributed by atoms with Gasteiger partial charge in [-0.15, -0.1) is 0 Å². The van der Waals surface area contributed by atoms with Crippen LogP contribution in [0.15, 0.2) is 65.3 Å². The summed E-state index contributed by atoms with van der Waals surface area (Å²) in [5, 5.41) is 2.21. The van der Waals surface area contributed by atoms with E-state index in [1.165, 1.54) is 23.3 Å². The highest BCUT2D eigenvalue weighted by molar-refractivity contribution is 7.79. The summed E-state index contributed by atoms with van der Waals surface area (Å²) in [4.78, 5) is 12.7. The van der Waals surface area contributed by atoms with Crippen LogP contribution in [0.2, 0.25) is 0 Å². The minimum Gasteiger partial charge on any atom is -0.772 e. The molecule has 0 aliphatic heterocycles. The van der Waals surface area contributed by atoms with E-state index in [9.17, 15) is 17.9 Å². The van der Waals surface area contributed by atoms with Crippen LogP contribution in [0.5, 0.6) is 0 Å². The lowest BCUT2D eigenvalue weighted by Crippen LogP contribution is -2.37. The zero-order chi connectivity index (χ0) is 22.4. The fourth-order valence-electron chi connectivity index (χ4n) is 5.37. The monoisotopic (exact) mass is 447 g/mol. The molecule has 0 N–H and O–H groups in total. The highest BCUT2D eigenvalue weighted by Crippen LogP contribution is 2.47. The molecule has 0 bridgehead atoms. The van der Waals surface area contributed by atoms with Crippen LogP contribution in [0.25, 0.3) is 11.6 Å². The Morgan fingerprint density at radius 1 is 1.06 bits per heavy atom. The second kappa shape index (κ2) is 8.38. The zero-order valence-corrected chi connectivity index (χ0v) is 18.7. The van der Waals surface area contributed by atoms with E-state index < -0.39 is 11.1 Å². The maximum Gasteiger partial charge on any atom is 0.162 e. The molecule has 5 heteroatoms. The van der Waals surface area contributed by atoms with E-state index in [0.29, 0.717) is 12.8 Å². The Bertz CT molecular complexity index is 1320. The molecule has 3 unspecified atom stereocenters. The van der Waals surface area contributed by atoms with Gasteiger partial charge in [0.1, 0.15) is 5.82 Å². The van der Waals surface area contributed by atoms with E-state index in [2.05, 4.69) is 31.2 Å². The maximum atomic E-state index is 13.7. The lowest BCUT2D eigenvalue weighted by atomic mass is 9.67. The third kappa shape index (κ3) is 3.74. The lowest BCUT2D eigenvalue weighted by molar-refractivity contribution is -0.115. The molecule has 1 saturated carbocycles. The van der Waals surface area contributed by atoms with Crippen molar-refractivity contribution < 1.29 is 17.9 Å². The lowest BCUT2D eigenvalue weighted by Gasteiger charge is -2.36. The first-order valence-corrected chi connectivity index (χ1v) is 12.3. The topological polar surface area (TPSA) is 57.2 Å². The molecule has 2 aromatic carbocycles. The second-order valence-electron chi connectivity index (χ2n) is 8.83. The number of Topliss-reactive ketones (excluding diaryl/α,β-unsaturated/α-hetero) is 1. The van der Waals surface area contributed by atoms with Crippen molar-refractivity contribution in [3.8, 4) is 0 Å². The van der Waals surface area contributed by atoms with Crippen LogP contribution in [0.4, 0.5) is 4.39 Å². The Labute approximate surface area is 189 Å². The molecule has 0 spiro atoms. The Balaban J connectivity index is 1.76. The van der Waals surface area contributed by atoms with Crippen molar-refractivity contribution in [1.29, 1.82) is 0 Å². The van der Waals surface area contributed by atoms with Gasteiger partial charge in [-0.25, -0.2) is 4.39 Å². The molecule has 3 atom stereocenters. The van der Waals surface area contributed by atoms with E-state index in [1.54, 1.807) is 0 Å². The smallest absolute Gasteiger partial charge is 0.162 e. The molecule has 0 aromatic heterocycles. The van der Waals surface area contributed by atoms with Gasteiger partial charge in [0, 0.05) is 29.6 Å². The van der Waals surface area contributed by atoms with Gasteiger partial charge in [0.05, 0.1) is 0 Å². The van der Waals surface area contributed by atoms with Crippen LogP contribution in [-0.2, 0) is 22.3 Å². The highest BCUT2D eigenvalue weighted by atomic mass is 32.2. The Morgan fingerprint density at radius 2 is 1.84 bits per heavy atom. The summed E-state index contributed by atoms with van der Waals surface area (Å²) in [6, 6.07) is 12.8. The molecular weight excluding hydrogens is 423 g/mol. The van der Waals surface area contributed by atoms with E-state index in [1.807, 2.05) is 18.2 Å². The van der Waals surface area contributed by atoms with E-state index in [4.69, 9.17) is 0 Å². The molecule has 164 valence electrons. The molecule has 0 heterocycles. The van der Waals surface area contributed by atoms with E-state index >= 15 is 0 Å². The van der Waals surface area contributed by atoms with Crippen molar-refractivity contribution in [2.24, 2.45) is 5.92 Å². The van der Waals surface area contributed by atoms with Crippen molar-refractivity contribution in [2.45, 2.75) is 38.5 Å². The molecule has 0 radical (unpaired) electrons. The standard InChI is InChI=1S/C27H25FO3S/c1-16-13-24-22(3-2-4-25(24)29)27-23(18-6-8-20(28)9-7-18)15-19-14-17(11-12-32(30)31)5-10-21(19)26(16)27/h5-10,13-16,23H,2-4,11-12H2,1H3,(H,30,31)/p-1. The normalized spacial score (nSPS) is 23.0. The summed E-state index contributed by atoms with van der Waals surface area (Å²) < 4.78 is 35.7. The van der Waals surface area contributed by atoms with Crippen LogP contribution >= 0.6 is 0 Å². The van der Waals surface area contributed by atoms with Gasteiger partial charge in [-0.2, -0.15) is 0 Å². The number of benzene rings is 2. The van der Waals surface area contributed by atoms with Gasteiger partial charge >= 0.3 is 0 Å². The Hall–Kier alpha value is -2.63. The minimum atomic E-state index is -2.08. The summed E-state index contributed by atoms with van der Waals surface area (Å²) >= 11 is -2.08. The van der Waals surface area contributed by atoms with Crippen molar-refractivity contribution in [2.75, 3.05) is 5.75 Å². The average molecular weight is 448 g/mol. The van der Waals surface area contributed by atoms with Gasteiger partial charge in [0.15, 0.2) is 5.78 Å². The molecule has 32 heavy (non-hydrogen) atoms. The summed E-state index contributed by atoms with van der Waals surface area (Å²) in [5.41, 5.74) is 6.39. The van der Waals surface area contributed by atoms with E-state index in [0.717, 1.165) is 45.6 Å². The van der Waals surface area contributed by atoms with Gasteiger partial charge in [0.25, 0.3) is 0 Å². The first-order valence-electron chi connectivity index (χ1n) is 11.1. The van der Waals surface area contributed by atoms with Crippen molar-refractivity contribution in [3.63, 3.8) is 0 Å². The first-order chi connectivity index (χ1) is 15.4. The van der Waals surface area contributed by atoms with Crippen LogP contribution < -0.4 is 10.4 Å². The summed E-state index contributed by atoms with van der Waals surface area (Å²) in [6.07, 6.45) is 7.09. The van der Waals surface area contributed by atoms with Crippen molar-refractivity contribution >= 4 is 28.5 Å². The summed E-state index contributed by atoms with van der Waals surface area (Å²) in [5.74, 6) is 0.0473. The summed E-state index contributed by atoms with van der Waals surface area (Å²) in [6.45, 7) is 2.13. The maximum absolute atomic E-state index is 13.7. The Morgan fingerprint density at radius 3 is 2.59 bits per heavy atom. The number of allylic oxidation sites excluding steroid dienone is 4. The largest absolute Gasteiger partial charge is 0.772 e. The molecule has 3 aliphatic rings. The number of ketones is 1. The molecule has 0 saturated heterocycles. The second-order valence-corrected chi connectivity index (χ2v) is 9.84. The quantitative estimate of drug-likeness (QED) is 0.673. The number of halogens is 1. The number of rotatable bonds is 4. The van der Waals surface area contributed by atoms with Crippen LogP contribution in [0.3, 0.4) is 0 Å².